The molecule has 3 nitrogen and oxygen atoms in total. The lowest BCUT2D eigenvalue weighted by atomic mass is 10.1. The quantitative estimate of drug-likeness (QED) is 0.889. The Morgan fingerprint density at radius 2 is 1.71 bits per heavy atom. The maximum absolute atomic E-state index is 13.4. The standard InChI is InChI=1S/C17H20FNO2/c1-11-9-14(6-8-16(11)20-3)19-12(2)13-5-7-15(18)17(10-13)21-4/h5-10,12,19H,1-4H3. The number of hydrogen-bond acceptors (Lipinski definition) is 3. The molecule has 0 fully saturated rings. The molecule has 0 aromatic heterocycles. The minimum atomic E-state index is -0.353. The van der Waals surface area contributed by atoms with Gasteiger partial charge in [0.2, 0.25) is 0 Å². The van der Waals surface area contributed by atoms with E-state index in [-0.39, 0.29) is 17.6 Å². The first-order chi connectivity index (χ1) is 10.0. The van der Waals surface area contributed by atoms with Gasteiger partial charge in [0, 0.05) is 11.7 Å². The molecule has 1 atom stereocenters. The lowest BCUT2D eigenvalue weighted by molar-refractivity contribution is 0.385. The van der Waals surface area contributed by atoms with Crippen LogP contribution in [0.2, 0.25) is 0 Å². The second-order valence-corrected chi connectivity index (χ2v) is 4.94. The summed E-state index contributed by atoms with van der Waals surface area (Å²) in [7, 11) is 3.12. The van der Waals surface area contributed by atoms with Gasteiger partial charge in [-0.2, -0.15) is 0 Å². The van der Waals surface area contributed by atoms with Crippen LogP contribution in [0.15, 0.2) is 36.4 Å². The van der Waals surface area contributed by atoms with Crippen LogP contribution < -0.4 is 14.8 Å². The highest BCUT2D eigenvalue weighted by Gasteiger charge is 2.10. The fourth-order valence-corrected chi connectivity index (χ4v) is 2.25. The smallest absolute Gasteiger partial charge is 0.165 e. The molecule has 0 amide bonds. The number of rotatable bonds is 5. The van der Waals surface area contributed by atoms with Crippen LogP contribution in [-0.4, -0.2) is 14.2 Å². The molecule has 0 aliphatic rings. The van der Waals surface area contributed by atoms with Gasteiger partial charge in [-0.05, 0) is 55.3 Å². The van der Waals surface area contributed by atoms with Gasteiger partial charge >= 0.3 is 0 Å². The minimum absolute atomic E-state index is 0.0345. The molecule has 0 aliphatic heterocycles. The molecule has 0 aliphatic carbocycles. The number of anilines is 1. The SMILES string of the molecule is COc1ccc(NC(C)c2ccc(F)c(OC)c2)cc1C. The first-order valence-electron chi connectivity index (χ1n) is 6.79. The third kappa shape index (κ3) is 3.45. The van der Waals surface area contributed by atoms with E-state index in [0.717, 1.165) is 22.6 Å². The van der Waals surface area contributed by atoms with Crippen LogP contribution in [0.4, 0.5) is 10.1 Å². The Hall–Kier alpha value is -2.23. The lowest BCUT2D eigenvalue weighted by Crippen LogP contribution is -2.07. The Labute approximate surface area is 124 Å². The number of benzene rings is 2. The minimum Gasteiger partial charge on any atom is -0.496 e. The van der Waals surface area contributed by atoms with Crippen molar-refractivity contribution >= 4 is 5.69 Å². The van der Waals surface area contributed by atoms with Gasteiger partial charge in [-0.1, -0.05) is 6.07 Å². The number of methoxy groups -OCH3 is 2. The van der Waals surface area contributed by atoms with Gasteiger partial charge in [-0.25, -0.2) is 4.39 Å². The van der Waals surface area contributed by atoms with E-state index in [0.29, 0.717) is 0 Å². The third-order valence-corrected chi connectivity index (χ3v) is 3.45. The highest BCUT2D eigenvalue weighted by Crippen LogP contribution is 2.27. The summed E-state index contributed by atoms with van der Waals surface area (Å²) < 4.78 is 23.7. The van der Waals surface area contributed by atoms with E-state index in [1.165, 1.54) is 13.2 Å². The lowest BCUT2D eigenvalue weighted by Gasteiger charge is -2.17. The summed E-state index contributed by atoms with van der Waals surface area (Å²) in [6.07, 6.45) is 0. The van der Waals surface area contributed by atoms with Crippen molar-refractivity contribution in [1.82, 2.24) is 0 Å². The molecule has 2 aromatic rings. The van der Waals surface area contributed by atoms with E-state index in [2.05, 4.69) is 5.32 Å². The Morgan fingerprint density at radius 1 is 1.00 bits per heavy atom. The topological polar surface area (TPSA) is 30.5 Å². The van der Waals surface area contributed by atoms with E-state index in [1.807, 2.05) is 32.0 Å². The van der Waals surface area contributed by atoms with Gasteiger partial charge in [-0.15, -0.1) is 0 Å². The van der Waals surface area contributed by atoms with Crippen LogP contribution >= 0.6 is 0 Å². The van der Waals surface area contributed by atoms with Crippen molar-refractivity contribution in [3.8, 4) is 11.5 Å². The van der Waals surface area contributed by atoms with E-state index < -0.39 is 0 Å². The van der Waals surface area contributed by atoms with E-state index in [4.69, 9.17) is 9.47 Å². The van der Waals surface area contributed by atoms with Crippen molar-refractivity contribution in [2.75, 3.05) is 19.5 Å². The summed E-state index contributed by atoms with van der Waals surface area (Å²) in [5.41, 5.74) is 3.01. The molecule has 2 rings (SSSR count). The fourth-order valence-electron chi connectivity index (χ4n) is 2.25. The van der Waals surface area contributed by atoms with Gasteiger partial charge in [0.05, 0.1) is 14.2 Å². The van der Waals surface area contributed by atoms with Crippen molar-refractivity contribution in [2.24, 2.45) is 0 Å². The Balaban J connectivity index is 2.17. The maximum Gasteiger partial charge on any atom is 0.165 e. The molecule has 0 bridgehead atoms. The van der Waals surface area contributed by atoms with Gasteiger partial charge < -0.3 is 14.8 Å². The van der Waals surface area contributed by atoms with Crippen LogP contribution in [0.1, 0.15) is 24.1 Å². The highest BCUT2D eigenvalue weighted by atomic mass is 19.1. The van der Waals surface area contributed by atoms with E-state index in [9.17, 15) is 4.39 Å². The summed E-state index contributed by atoms with van der Waals surface area (Å²) in [4.78, 5) is 0. The Kier molecular flexibility index (Phi) is 4.68. The van der Waals surface area contributed by atoms with Crippen LogP contribution in [0, 0.1) is 12.7 Å². The van der Waals surface area contributed by atoms with Crippen LogP contribution in [0.3, 0.4) is 0 Å². The molecule has 0 radical (unpaired) electrons. The zero-order valence-corrected chi connectivity index (χ0v) is 12.7. The fraction of sp³-hybridized carbons (Fsp3) is 0.294. The van der Waals surface area contributed by atoms with Crippen molar-refractivity contribution in [2.45, 2.75) is 19.9 Å². The molecule has 0 heterocycles. The number of aryl methyl sites for hydroxylation is 1. The molecule has 2 aromatic carbocycles. The number of hydrogen-bond donors (Lipinski definition) is 1. The molecule has 0 saturated heterocycles. The molecule has 0 spiro atoms. The number of nitrogens with one attached hydrogen (secondary N) is 1. The normalized spacial score (nSPS) is 11.9. The molecular formula is C17H20FNO2. The van der Waals surface area contributed by atoms with Gasteiger partial charge in [0.25, 0.3) is 0 Å². The molecule has 1 N–H and O–H groups in total. The van der Waals surface area contributed by atoms with Crippen molar-refractivity contribution in [3.05, 3.63) is 53.3 Å². The first kappa shape index (κ1) is 15.2. The van der Waals surface area contributed by atoms with Crippen LogP contribution in [-0.2, 0) is 0 Å². The van der Waals surface area contributed by atoms with Gasteiger partial charge in [0.15, 0.2) is 11.6 Å². The Bertz CT molecular complexity index is 628. The van der Waals surface area contributed by atoms with Crippen molar-refractivity contribution in [3.63, 3.8) is 0 Å². The van der Waals surface area contributed by atoms with Crippen molar-refractivity contribution < 1.29 is 13.9 Å². The predicted molar refractivity (Wildman–Crippen MR) is 82.7 cm³/mol. The molecule has 112 valence electrons. The number of halogens is 1. The van der Waals surface area contributed by atoms with Crippen LogP contribution in [0.5, 0.6) is 11.5 Å². The second kappa shape index (κ2) is 6.48. The van der Waals surface area contributed by atoms with Gasteiger partial charge in [0.1, 0.15) is 5.75 Å². The molecule has 4 heteroatoms. The average Bonchev–Trinajstić information content (AvgIpc) is 2.48. The summed E-state index contributed by atoms with van der Waals surface area (Å²) in [6.45, 7) is 4.02. The third-order valence-electron chi connectivity index (χ3n) is 3.45. The molecular weight excluding hydrogens is 269 g/mol. The zero-order valence-electron chi connectivity index (χ0n) is 12.7. The molecule has 1 unspecified atom stereocenters. The maximum atomic E-state index is 13.4. The van der Waals surface area contributed by atoms with E-state index >= 15 is 0 Å². The average molecular weight is 289 g/mol. The summed E-state index contributed by atoms with van der Waals surface area (Å²) >= 11 is 0. The summed E-state index contributed by atoms with van der Waals surface area (Å²) in [5, 5.41) is 3.39. The molecule has 0 saturated carbocycles. The largest absolute Gasteiger partial charge is 0.496 e. The van der Waals surface area contributed by atoms with Crippen molar-refractivity contribution in [1.29, 1.82) is 0 Å². The van der Waals surface area contributed by atoms with E-state index in [1.54, 1.807) is 19.2 Å². The predicted octanol–water partition coefficient (Wildman–Crippen LogP) is 4.32. The van der Waals surface area contributed by atoms with Crippen LogP contribution in [0.25, 0.3) is 0 Å². The first-order valence-corrected chi connectivity index (χ1v) is 6.79. The summed E-state index contributed by atoms with van der Waals surface area (Å²) in [6, 6.07) is 10.8. The van der Waals surface area contributed by atoms with Gasteiger partial charge in [-0.3, -0.25) is 0 Å². The summed E-state index contributed by atoms with van der Waals surface area (Å²) in [5.74, 6) is 0.762. The highest BCUT2D eigenvalue weighted by molar-refractivity contribution is 5.52. The molecule has 21 heavy (non-hydrogen) atoms. The monoisotopic (exact) mass is 289 g/mol. The Morgan fingerprint density at radius 3 is 2.33 bits per heavy atom. The number of ether oxygens (including phenoxy) is 2. The second-order valence-electron chi connectivity index (χ2n) is 4.94. The zero-order chi connectivity index (χ0) is 15.4.